The number of aliphatic hydroxyl groups excluding tert-OH is 1. The fraction of sp³-hybridized carbons (Fsp3) is 0.750. The Bertz CT molecular complexity index is 544. The summed E-state index contributed by atoms with van der Waals surface area (Å²) in [6.07, 6.45) is 4.71. The molecule has 1 fully saturated rings. The molecule has 0 unspecified atom stereocenters. The molecule has 3 atom stereocenters. The van der Waals surface area contributed by atoms with Gasteiger partial charge in [-0.1, -0.05) is 19.1 Å². The second-order valence-electron chi connectivity index (χ2n) is 7.27. The molecular formula is C20H30F2O5. The van der Waals surface area contributed by atoms with Gasteiger partial charge in [0.05, 0.1) is 6.10 Å². The van der Waals surface area contributed by atoms with Gasteiger partial charge >= 0.3 is 11.9 Å². The average molecular weight is 388 g/mol. The zero-order chi connectivity index (χ0) is 20.4. The first kappa shape index (κ1) is 23.4. The summed E-state index contributed by atoms with van der Waals surface area (Å²) in [7, 11) is 0. The predicted octanol–water partition coefficient (Wildman–Crippen LogP) is 3.93. The SMILES string of the molecule is CCCC(F)(F)C(=O)CCC[C@H]1C(=O)C[C@H](O)[C@@H]1CC=CCCCC(=O)O. The second-order valence-corrected chi connectivity index (χ2v) is 7.27. The number of carboxylic acid groups (broad SMARTS) is 1. The zero-order valence-electron chi connectivity index (χ0n) is 15.8. The Kier molecular flexibility index (Phi) is 9.77. The van der Waals surface area contributed by atoms with Crippen LogP contribution in [0.2, 0.25) is 0 Å². The normalized spacial score (nSPS) is 23.3. The highest BCUT2D eigenvalue weighted by atomic mass is 19.3. The molecule has 27 heavy (non-hydrogen) atoms. The van der Waals surface area contributed by atoms with E-state index in [1.54, 1.807) is 6.92 Å². The van der Waals surface area contributed by atoms with E-state index in [0.29, 0.717) is 25.7 Å². The van der Waals surface area contributed by atoms with Gasteiger partial charge in [-0.2, -0.15) is 8.78 Å². The number of aliphatic carboxylic acids is 1. The van der Waals surface area contributed by atoms with E-state index in [0.717, 1.165) is 0 Å². The van der Waals surface area contributed by atoms with Crippen LogP contribution >= 0.6 is 0 Å². The minimum atomic E-state index is -3.30. The third kappa shape index (κ3) is 7.87. The lowest BCUT2D eigenvalue weighted by Gasteiger charge is -2.20. The van der Waals surface area contributed by atoms with E-state index in [4.69, 9.17) is 5.11 Å². The molecule has 1 aliphatic carbocycles. The van der Waals surface area contributed by atoms with Crippen LogP contribution in [0, 0.1) is 11.8 Å². The van der Waals surface area contributed by atoms with Crippen molar-refractivity contribution in [3.05, 3.63) is 12.2 Å². The molecule has 1 rings (SSSR count). The minimum Gasteiger partial charge on any atom is -0.481 e. The number of allylic oxidation sites excluding steroid dienone is 2. The standard InChI is InChI=1S/C20H30F2O5/c1-2-12-20(21,22)18(25)10-7-9-15-14(16(23)13-17(15)24)8-5-3-4-6-11-19(26)27/h3,5,14-16,23H,2,4,6-13H2,1H3,(H,26,27)/t14-,15-,16+/m1/s1. The highest BCUT2D eigenvalue weighted by Gasteiger charge is 2.41. The van der Waals surface area contributed by atoms with E-state index in [1.165, 1.54) is 0 Å². The Labute approximate surface area is 158 Å². The summed E-state index contributed by atoms with van der Waals surface area (Å²) in [5, 5.41) is 18.7. The molecule has 0 amide bonds. The number of alkyl halides is 2. The largest absolute Gasteiger partial charge is 0.481 e. The van der Waals surface area contributed by atoms with Crippen molar-refractivity contribution in [2.24, 2.45) is 11.8 Å². The van der Waals surface area contributed by atoms with Crippen molar-refractivity contribution < 1.29 is 33.4 Å². The first-order valence-electron chi connectivity index (χ1n) is 9.67. The lowest BCUT2D eigenvalue weighted by Crippen LogP contribution is -2.28. The fourth-order valence-corrected chi connectivity index (χ4v) is 3.57. The van der Waals surface area contributed by atoms with Gasteiger partial charge in [0.2, 0.25) is 5.78 Å². The summed E-state index contributed by atoms with van der Waals surface area (Å²) in [6.45, 7) is 1.60. The number of rotatable bonds is 13. The van der Waals surface area contributed by atoms with Crippen LogP contribution in [-0.4, -0.2) is 39.8 Å². The van der Waals surface area contributed by atoms with Gasteiger partial charge in [-0.25, -0.2) is 0 Å². The van der Waals surface area contributed by atoms with Gasteiger partial charge in [-0.3, -0.25) is 14.4 Å². The lowest BCUT2D eigenvalue weighted by molar-refractivity contribution is -0.144. The number of halogens is 2. The predicted molar refractivity (Wildman–Crippen MR) is 96.6 cm³/mol. The zero-order valence-corrected chi connectivity index (χ0v) is 15.8. The molecule has 0 spiro atoms. The summed E-state index contributed by atoms with van der Waals surface area (Å²) in [5.74, 6) is -6.01. The van der Waals surface area contributed by atoms with Crippen LogP contribution in [0.25, 0.3) is 0 Å². The van der Waals surface area contributed by atoms with Crippen LogP contribution in [0.5, 0.6) is 0 Å². The monoisotopic (exact) mass is 388 g/mol. The number of carboxylic acids is 1. The van der Waals surface area contributed by atoms with E-state index >= 15 is 0 Å². The molecular weight excluding hydrogens is 358 g/mol. The van der Waals surface area contributed by atoms with Gasteiger partial charge in [0.25, 0.3) is 0 Å². The van der Waals surface area contributed by atoms with Crippen LogP contribution in [0.1, 0.15) is 71.1 Å². The van der Waals surface area contributed by atoms with Crippen LogP contribution in [0.15, 0.2) is 12.2 Å². The second kappa shape index (κ2) is 11.3. The highest BCUT2D eigenvalue weighted by molar-refractivity contribution is 5.86. The summed E-state index contributed by atoms with van der Waals surface area (Å²) >= 11 is 0. The van der Waals surface area contributed by atoms with Crippen LogP contribution in [0.3, 0.4) is 0 Å². The number of unbranched alkanes of at least 4 members (excludes halogenated alkanes) is 1. The third-order valence-corrected chi connectivity index (χ3v) is 5.06. The molecule has 0 aromatic heterocycles. The molecule has 0 aromatic carbocycles. The van der Waals surface area contributed by atoms with E-state index in [1.807, 2.05) is 12.2 Å². The number of carbonyl (C=O) groups excluding carboxylic acids is 2. The molecule has 0 aliphatic heterocycles. The van der Waals surface area contributed by atoms with Gasteiger partial charge < -0.3 is 10.2 Å². The molecule has 154 valence electrons. The number of aliphatic hydroxyl groups is 1. The Balaban J connectivity index is 2.47. The number of carbonyl (C=O) groups is 3. The lowest BCUT2D eigenvalue weighted by atomic mass is 9.86. The van der Waals surface area contributed by atoms with Crippen molar-refractivity contribution in [1.82, 2.24) is 0 Å². The van der Waals surface area contributed by atoms with Crippen LogP contribution < -0.4 is 0 Å². The molecule has 7 heteroatoms. The van der Waals surface area contributed by atoms with Crippen molar-refractivity contribution in [3.8, 4) is 0 Å². The molecule has 0 heterocycles. The highest BCUT2D eigenvalue weighted by Crippen LogP contribution is 2.36. The van der Waals surface area contributed by atoms with Gasteiger partial charge in [0.1, 0.15) is 5.78 Å². The van der Waals surface area contributed by atoms with Crippen LogP contribution in [-0.2, 0) is 14.4 Å². The first-order chi connectivity index (χ1) is 12.7. The van der Waals surface area contributed by atoms with Crippen molar-refractivity contribution >= 4 is 17.5 Å². The molecule has 1 saturated carbocycles. The summed E-state index contributed by atoms with van der Waals surface area (Å²) in [6, 6.07) is 0. The van der Waals surface area contributed by atoms with Crippen molar-refractivity contribution in [2.75, 3.05) is 0 Å². The Hall–Kier alpha value is -1.63. The average Bonchev–Trinajstić information content (AvgIpc) is 2.84. The van der Waals surface area contributed by atoms with Crippen molar-refractivity contribution in [3.63, 3.8) is 0 Å². The number of Topliss-reactive ketones (excluding diaryl/α,β-unsaturated/α-hetero) is 2. The maximum atomic E-state index is 13.5. The third-order valence-electron chi connectivity index (χ3n) is 5.06. The van der Waals surface area contributed by atoms with Gasteiger partial charge in [-0.05, 0) is 44.4 Å². The Morgan fingerprint density at radius 2 is 1.93 bits per heavy atom. The van der Waals surface area contributed by atoms with Gasteiger partial charge in [-0.15, -0.1) is 0 Å². The maximum Gasteiger partial charge on any atom is 0.305 e. The van der Waals surface area contributed by atoms with E-state index < -0.39 is 36.1 Å². The maximum absolute atomic E-state index is 13.5. The molecule has 2 N–H and O–H groups in total. The molecule has 0 saturated heterocycles. The molecule has 5 nitrogen and oxygen atoms in total. The van der Waals surface area contributed by atoms with E-state index in [9.17, 15) is 28.3 Å². The van der Waals surface area contributed by atoms with Gasteiger partial charge in [0.15, 0.2) is 0 Å². The molecule has 0 radical (unpaired) electrons. The minimum absolute atomic E-state index is 0.0577. The quantitative estimate of drug-likeness (QED) is 0.368. The van der Waals surface area contributed by atoms with Crippen LogP contribution in [0.4, 0.5) is 8.78 Å². The van der Waals surface area contributed by atoms with Gasteiger partial charge in [0, 0.05) is 31.6 Å². The van der Waals surface area contributed by atoms with E-state index in [-0.39, 0.29) is 43.8 Å². The molecule has 1 aliphatic rings. The topological polar surface area (TPSA) is 91.7 Å². The number of ketones is 2. The first-order valence-corrected chi connectivity index (χ1v) is 9.67. The smallest absolute Gasteiger partial charge is 0.305 e. The summed E-state index contributed by atoms with van der Waals surface area (Å²) in [5.41, 5.74) is 0. The fourth-order valence-electron chi connectivity index (χ4n) is 3.57. The van der Waals surface area contributed by atoms with Crippen molar-refractivity contribution in [1.29, 1.82) is 0 Å². The Morgan fingerprint density at radius 3 is 2.56 bits per heavy atom. The Morgan fingerprint density at radius 1 is 1.22 bits per heavy atom. The molecule has 0 bridgehead atoms. The number of hydrogen-bond acceptors (Lipinski definition) is 4. The summed E-state index contributed by atoms with van der Waals surface area (Å²) in [4.78, 5) is 34.2. The van der Waals surface area contributed by atoms with Crippen molar-refractivity contribution in [2.45, 2.75) is 83.2 Å². The number of hydrogen-bond donors (Lipinski definition) is 2. The molecule has 0 aromatic rings. The van der Waals surface area contributed by atoms with E-state index in [2.05, 4.69) is 0 Å². The summed E-state index contributed by atoms with van der Waals surface area (Å²) < 4.78 is 27.1.